The van der Waals surface area contributed by atoms with Gasteiger partial charge in [-0.3, -0.25) is 9.59 Å². The monoisotopic (exact) mass is 332 g/mol. The largest absolute Gasteiger partial charge is 0.497 e. The summed E-state index contributed by atoms with van der Waals surface area (Å²) in [6, 6.07) is 5.75. The lowest BCUT2D eigenvalue weighted by atomic mass is 10.1. The molecule has 1 atom stereocenters. The SMILES string of the molecule is COc1ccc2c(c1)CCN2C(=O)CN1CCCCC(OC)C1=O. The van der Waals surface area contributed by atoms with E-state index < -0.39 is 6.10 Å². The zero-order chi connectivity index (χ0) is 17.1. The fourth-order valence-electron chi connectivity index (χ4n) is 3.46. The number of rotatable bonds is 4. The Labute approximate surface area is 142 Å². The van der Waals surface area contributed by atoms with Gasteiger partial charge < -0.3 is 19.3 Å². The summed E-state index contributed by atoms with van der Waals surface area (Å²) in [7, 11) is 3.19. The molecular formula is C18H24N2O4. The number of amides is 2. The number of hydrogen-bond donors (Lipinski definition) is 0. The molecule has 0 bridgehead atoms. The topological polar surface area (TPSA) is 59.1 Å². The second-order valence-electron chi connectivity index (χ2n) is 6.27. The van der Waals surface area contributed by atoms with Gasteiger partial charge in [-0.15, -0.1) is 0 Å². The molecule has 2 aliphatic rings. The van der Waals surface area contributed by atoms with E-state index in [1.807, 2.05) is 18.2 Å². The Morgan fingerprint density at radius 3 is 2.83 bits per heavy atom. The minimum atomic E-state index is -0.421. The van der Waals surface area contributed by atoms with E-state index in [9.17, 15) is 9.59 Å². The molecule has 0 aliphatic carbocycles. The van der Waals surface area contributed by atoms with Crippen LogP contribution in [0.3, 0.4) is 0 Å². The molecule has 130 valence electrons. The van der Waals surface area contributed by atoms with Crippen LogP contribution < -0.4 is 9.64 Å². The summed E-state index contributed by atoms with van der Waals surface area (Å²) in [5.74, 6) is 0.690. The fraction of sp³-hybridized carbons (Fsp3) is 0.556. The highest BCUT2D eigenvalue weighted by Gasteiger charge is 2.31. The van der Waals surface area contributed by atoms with E-state index in [4.69, 9.17) is 9.47 Å². The summed E-state index contributed by atoms with van der Waals surface area (Å²) < 4.78 is 10.5. The molecule has 6 heteroatoms. The van der Waals surface area contributed by atoms with Gasteiger partial charge in [-0.1, -0.05) is 0 Å². The normalized spacial score (nSPS) is 20.8. The molecule has 0 saturated carbocycles. The van der Waals surface area contributed by atoms with E-state index in [0.717, 1.165) is 42.7 Å². The van der Waals surface area contributed by atoms with Crippen molar-refractivity contribution in [1.82, 2.24) is 4.90 Å². The van der Waals surface area contributed by atoms with Crippen molar-refractivity contribution in [1.29, 1.82) is 0 Å². The maximum absolute atomic E-state index is 12.7. The number of carbonyl (C=O) groups is 2. The first-order chi connectivity index (χ1) is 11.6. The van der Waals surface area contributed by atoms with Gasteiger partial charge >= 0.3 is 0 Å². The molecule has 6 nitrogen and oxygen atoms in total. The fourth-order valence-corrected chi connectivity index (χ4v) is 3.46. The molecule has 1 saturated heterocycles. The summed E-state index contributed by atoms with van der Waals surface area (Å²) in [6.07, 6.45) is 2.98. The Bertz CT molecular complexity index is 631. The zero-order valence-corrected chi connectivity index (χ0v) is 14.3. The minimum absolute atomic E-state index is 0.0379. The number of benzene rings is 1. The van der Waals surface area contributed by atoms with E-state index in [1.54, 1.807) is 24.0 Å². The lowest BCUT2D eigenvalue weighted by Crippen LogP contribution is -2.45. The van der Waals surface area contributed by atoms with Crippen molar-refractivity contribution in [2.75, 3.05) is 38.8 Å². The van der Waals surface area contributed by atoms with Gasteiger partial charge in [0.1, 0.15) is 18.4 Å². The molecule has 0 spiro atoms. The lowest BCUT2D eigenvalue weighted by Gasteiger charge is -2.26. The molecule has 1 unspecified atom stereocenters. The van der Waals surface area contributed by atoms with Crippen molar-refractivity contribution in [2.24, 2.45) is 0 Å². The van der Waals surface area contributed by atoms with E-state index in [2.05, 4.69) is 0 Å². The van der Waals surface area contributed by atoms with Gasteiger partial charge in [0.2, 0.25) is 5.91 Å². The van der Waals surface area contributed by atoms with Crippen LogP contribution in [0, 0.1) is 0 Å². The average molecular weight is 332 g/mol. The van der Waals surface area contributed by atoms with Crippen molar-refractivity contribution < 1.29 is 19.1 Å². The highest BCUT2D eigenvalue weighted by Crippen LogP contribution is 2.31. The van der Waals surface area contributed by atoms with Gasteiger partial charge in [0.05, 0.1) is 7.11 Å². The van der Waals surface area contributed by atoms with Gasteiger partial charge in [-0.25, -0.2) is 0 Å². The Kier molecular flexibility index (Phi) is 5.04. The Morgan fingerprint density at radius 1 is 1.25 bits per heavy atom. The quantitative estimate of drug-likeness (QED) is 0.840. The van der Waals surface area contributed by atoms with Gasteiger partial charge in [0, 0.05) is 25.9 Å². The number of carbonyl (C=O) groups excluding carboxylic acids is 2. The minimum Gasteiger partial charge on any atom is -0.497 e. The number of fused-ring (bicyclic) bond motifs is 1. The van der Waals surface area contributed by atoms with Crippen LogP contribution in [-0.4, -0.2) is 56.7 Å². The summed E-state index contributed by atoms with van der Waals surface area (Å²) in [4.78, 5) is 28.6. The zero-order valence-electron chi connectivity index (χ0n) is 14.3. The second kappa shape index (κ2) is 7.21. The van der Waals surface area contributed by atoms with Crippen molar-refractivity contribution in [2.45, 2.75) is 31.8 Å². The second-order valence-corrected chi connectivity index (χ2v) is 6.27. The van der Waals surface area contributed by atoms with Gasteiger partial charge in [-0.2, -0.15) is 0 Å². The first-order valence-corrected chi connectivity index (χ1v) is 8.43. The summed E-state index contributed by atoms with van der Waals surface area (Å²) in [5.41, 5.74) is 2.03. The van der Waals surface area contributed by atoms with Crippen LogP contribution >= 0.6 is 0 Å². The molecule has 0 N–H and O–H groups in total. The number of methoxy groups -OCH3 is 2. The van der Waals surface area contributed by atoms with Crippen LogP contribution in [0.4, 0.5) is 5.69 Å². The Morgan fingerprint density at radius 2 is 2.08 bits per heavy atom. The summed E-state index contributed by atoms with van der Waals surface area (Å²) in [6.45, 7) is 1.38. The Balaban J connectivity index is 1.71. The highest BCUT2D eigenvalue weighted by molar-refractivity contribution is 5.98. The highest BCUT2D eigenvalue weighted by atomic mass is 16.5. The van der Waals surface area contributed by atoms with E-state index in [-0.39, 0.29) is 18.4 Å². The molecule has 3 rings (SSSR count). The lowest BCUT2D eigenvalue weighted by molar-refractivity contribution is -0.143. The van der Waals surface area contributed by atoms with E-state index in [1.165, 1.54) is 0 Å². The van der Waals surface area contributed by atoms with Crippen LogP contribution in [0.2, 0.25) is 0 Å². The van der Waals surface area contributed by atoms with Crippen LogP contribution in [0.1, 0.15) is 24.8 Å². The molecule has 2 heterocycles. The molecule has 24 heavy (non-hydrogen) atoms. The number of likely N-dealkylation sites (tertiary alicyclic amines) is 1. The molecule has 1 fully saturated rings. The summed E-state index contributed by atoms with van der Waals surface area (Å²) >= 11 is 0. The maximum Gasteiger partial charge on any atom is 0.252 e. The van der Waals surface area contributed by atoms with Crippen molar-refractivity contribution in [3.8, 4) is 5.75 Å². The predicted octanol–water partition coefficient (Wildman–Crippen LogP) is 1.61. The van der Waals surface area contributed by atoms with Gasteiger partial charge in [0.25, 0.3) is 5.91 Å². The van der Waals surface area contributed by atoms with Crippen molar-refractivity contribution in [3.63, 3.8) is 0 Å². The standard InChI is InChI=1S/C18H24N2O4/c1-23-14-6-7-15-13(11-14)8-10-20(15)17(21)12-19-9-4-3-5-16(24-2)18(19)22/h6-7,11,16H,3-5,8-10,12H2,1-2H3. The van der Waals surface area contributed by atoms with Crippen molar-refractivity contribution >= 4 is 17.5 Å². The Hall–Kier alpha value is -2.08. The molecule has 2 amide bonds. The first-order valence-electron chi connectivity index (χ1n) is 8.43. The number of nitrogens with zero attached hydrogens (tertiary/aromatic N) is 2. The van der Waals surface area contributed by atoms with E-state index >= 15 is 0 Å². The third-order valence-electron chi connectivity index (χ3n) is 4.83. The van der Waals surface area contributed by atoms with Crippen LogP contribution in [0.25, 0.3) is 0 Å². The molecule has 2 aliphatic heterocycles. The molecular weight excluding hydrogens is 308 g/mol. The molecule has 1 aromatic carbocycles. The van der Waals surface area contributed by atoms with Crippen molar-refractivity contribution in [3.05, 3.63) is 23.8 Å². The molecule has 0 radical (unpaired) electrons. The number of anilines is 1. The predicted molar refractivity (Wildman–Crippen MR) is 90.3 cm³/mol. The number of ether oxygens (including phenoxy) is 2. The third-order valence-corrected chi connectivity index (χ3v) is 4.83. The van der Waals surface area contributed by atoms with Crippen LogP contribution in [-0.2, 0) is 20.7 Å². The molecule has 1 aromatic rings. The van der Waals surface area contributed by atoms with E-state index in [0.29, 0.717) is 13.1 Å². The van der Waals surface area contributed by atoms with Crippen LogP contribution in [0.15, 0.2) is 18.2 Å². The smallest absolute Gasteiger partial charge is 0.252 e. The molecule has 0 aromatic heterocycles. The summed E-state index contributed by atoms with van der Waals surface area (Å²) in [5, 5.41) is 0. The first kappa shape index (κ1) is 16.8. The van der Waals surface area contributed by atoms with Crippen LogP contribution in [0.5, 0.6) is 5.75 Å². The van der Waals surface area contributed by atoms with Gasteiger partial charge in [0.15, 0.2) is 0 Å². The number of hydrogen-bond acceptors (Lipinski definition) is 4. The van der Waals surface area contributed by atoms with Gasteiger partial charge in [-0.05, 0) is 49.4 Å². The average Bonchev–Trinajstić information content (AvgIpc) is 2.95. The maximum atomic E-state index is 12.7. The third kappa shape index (κ3) is 3.24.